The van der Waals surface area contributed by atoms with Crippen LogP contribution in [-0.2, 0) is 0 Å². The fourth-order valence-corrected chi connectivity index (χ4v) is 2.69. The van der Waals surface area contributed by atoms with Gasteiger partial charge >= 0.3 is 0 Å². The summed E-state index contributed by atoms with van der Waals surface area (Å²) >= 11 is 0. The third-order valence-corrected chi connectivity index (χ3v) is 3.42. The molecule has 1 aromatic rings. The summed E-state index contributed by atoms with van der Waals surface area (Å²) in [6.45, 7) is 4.51. The lowest BCUT2D eigenvalue weighted by atomic mass is 9.97. The number of hydrogen-bond acceptors (Lipinski definition) is 2. The standard InChI is InChI=1S/C14H22N2/c1-12(15)14(13-8-4-2-5-9-13)16-10-6-3-7-11-16/h2,4-5,8-9,12,14H,3,6-7,10-11,15H2,1H3. The normalized spacial score (nSPS) is 21.6. The van der Waals surface area contributed by atoms with E-state index in [4.69, 9.17) is 5.73 Å². The topological polar surface area (TPSA) is 29.3 Å². The Kier molecular flexibility index (Phi) is 3.97. The number of benzene rings is 1. The van der Waals surface area contributed by atoms with Crippen molar-refractivity contribution < 1.29 is 0 Å². The predicted molar refractivity (Wildman–Crippen MR) is 68.3 cm³/mol. The molecule has 88 valence electrons. The zero-order valence-electron chi connectivity index (χ0n) is 10.1. The van der Waals surface area contributed by atoms with Gasteiger partial charge in [-0.25, -0.2) is 0 Å². The van der Waals surface area contributed by atoms with Crippen molar-refractivity contribution in [3.05, 3.63) is 35.9 Å². The molecule has 1 fully saturated rings. The molecule has 1 aliphatic heterocycles. The zero-order valence-corrected chi connectivity index (χ0v) is 10.1. The Balaban J connectivity index is 2.16. The molecule has 2 heteroatoms. The Morgan fingerprint density at radius 2 is 1.69 bits per heavy atom. The van der Waals surface area contributed by atoms with Crippen LogP contribution >= 0.6 is 0 Å². The number of hydrogen-bond donors (Lipinski definition) is 1. The summed E-state index contributed by atoms with van der Waals surface area (Å²) < 4.78 is 0. The molecule has 0 amide bonds. The molecule has 2 N–H and O–H groups in total. The van der Waals surface area contributed by atoms with E-state index in [9.17, 15) is 0 Å². The summed E-state index contributed by atoms with van der Waals surface area (Å²) in [5.41, 5.74) is 7.52. The van der Waals surface area contributed by atoms with Gasteiger partial charge in [0.2, 0.25) is 0 Å². The quantitative estimate of drug-likeness (QED) is 0.845. The van der Waals surface area contributed by atoms with E-state index < -0.39 is 0 Å². The first kappa shape index (κ1) is 11.6. The average Bonchev–Trinajstić information content (AvgIpc) is 2.31. The highest BCUT2D eigenvalue weighted by molar-refractivity contribution is 5.20. The van der Waals surface area contributed by atoms with Crippen LogP contribution in [0.3, 0.4) is 0 Å². The van der Waals surface area contributed by atoms with Gasteiger partial charge in [0.1, 0.15) is 0 Å². The minimum Gasteiger partial charge on any atom is -0.326 e. The largest absolute Gasteiger partial charge is 0.326 e. The van der Waals surface area contributed by atoms with Crippen LogP contribution < -0.4 is 5.73 Å². The third-order valence-electron chi connectivity index (χ3n) is 3.42. The summed E-state index contributed by atoms with van der Waals surface area (Å²) in [6, 6.07) is 11.3. The summed E-state index contributed by atoms with van der Waals surface area (Å²) in [4.78, 5) is 2.55. The van der Waals surface area contributed by atoms with Gasteiger partial charge in [-0.15, -0.1) is 0 Å². The van der Waals surface area contributed by atoms with Gasteiger partial charge in [-0.2, -0.15) is 0 Å². The van der Waals surface area contributed by atoms with Gasteiger partial charge in [0.05, 0.1) is 0 Å². The van der Waals surface area contributed by atoms with Gasteiger partial charge in [0.25, 0.3) is 0 Å². The van der Waals surface area contributed by atoms with Crippen molar-refractivity contribution in [2.75, 3.05) is 13.1 Å². The first-order valence-electron chi connectivity index (χ1n) is 6.33. The molecule has 2 atom stereocenters. The van der Waals surface area contributed by atoms with E-state index in [2.05, 4.69) is 42.2 Å². The maximum atomic E-state index is 6.16. The van der Waals surface area contributed by atoms with E-state index in [1.54, 1.807) is 0 Å². The summed E-state index contributed by atoms with van der Waals surface area (Å²) in [5.74, 6) is 0. The predicted octanol–water partition coefficient (Wildman–Crippen LogP) is 2.56. The van der Waals surface area contributed by atoms with Crippen molar-refractivity contribution in [3.63, 3.8) is 0 Å². The fraction of sp³-hybridized carbons (Fsp3) is 0.571. The van der Waals surface area contributed by atoms with Crippen LogP contribution in [0.15, 0.2) is 30.3 Å². The van der Waals surface area contributed by atoms with Crippen molar-refractivity contribution in [1.29, 1.82) is 0 Å². The van der Waals surface area contributed by atoms with Crippen molar-refractivity contribution in [2.24, 2.45) is 5.73 Å². The van der Waals surface area contributed by atoms with E-state index in [1.165, 1.54) is 37.9 Å². The van der Waals surface area contributed by atoms with E-state index in [-0.39, 0.29) is 6.04 Å². The number of nitrogens with two attached hydrogens (primary N) is 1. The number of rotatable bonds is 3. The Bertz CT molecular complexity index is 302. The number of piperidine rings is 1. The molecule has 2 rings (SSSR count). The molecule has 2 nitrogen and oxygen atoms in total. The molecule has 2 unspecified atom stereocenters. The lowest BCUT2D eigenvalue weighted by Gasteiger charge is -2.37. The molecule has 0 radical (unpaired) electrons. The Morgan fingerprint density at radius 3 is 2.25 bits per heavy atom. The second kappa shape index (κ2) is 5.46. The second-order valence-electron chi connectivity index (χ2n) is 4.81. The first-order valence-corrected chi connectivity index (χ1v) is 6.33. The van der Waals surface area contributed by atoms with Gasteiger partial charge in [-0.3, -0.25) is 4.90 Å². The molecule has 0 aromatic heterocycles. The smallest absolute Gasteiger partial charge is 0.0496 e. The van der Waals surface area contributed by atoms with Crippen LogP contribution in [0.4, 0.5) is 0 Å². The van der Waals surface area contributed by atoms with Crippen LogP contribution in [0.5, 0.6) is 0 Å². The SMILES string of the molecule is CC(N)C(c1ccccc1)N1CCCCC1. The average molecular weight is 218 g/mol. The Morgan fingerprint density at radius 1 is 1.06 bits per heavy atom. The Labute approximate surface area is 98.4 Å². The van der Waals surface area contributed by atoms with Crippen LogP contribution in [0, 0.1) is 0 Å². The van der Waals surface area contributed by atoms with Crippen molar-refractivity contribution in [2.45, 2.75) is 38.3 Å². The van der Waals surface area contributed by atoms with Crippen molar-refractivity contribution in [3.8, 4) is 0 Å². The summed E-state index contributed by atoms with van der Waals surface area (Å²) in [5, 5.41) is 0. The molecule has 1 heterocycles. The van der Waals surface area contributed by atoms with Gasteiger partial charge in [-0.05, 0) is 38.4 Å². The van der Waals surface area contributed by atoms with E-state index >= 15 is 0 Å². The van der Waals surface area contributed by atoms with Gasteiger partial charge in [0.15, 0.2) is 0 Å². The highest BCUT2D eigenvalue weighted by atomic mass is 15.2. The molecule has 1 saturated heterocycles. The van der Waals surface area contributed by atoms with E-state index in [0.717, 1.165) is 0 Å². The highest BCUT2D eigenvalue weighted by Gasteiger charge is 2.24. The minimum absolute atomic E-state index is 0.195. The summed E-state index contributed by atoms with van der Waals surface area (Å²) in [6.07, 6.45) is 4.00. The third kappa shape index (κ3) is 2.63. The molecule has 0 spiro atoms. The zero-order chi connectivity index (χ0) is 11.4. The van der Waals surface area contributed by atoms with E-state index in [1.807, 2.05) is 0 Å². The molecule has 0 saturated carbocycles. The first-order chi connectivity index (χ1) is 7.79. The molecule has 1 aromatic carbocycles. The second-order valence-corrected chi connectivity index (χ2v) is 4.81. The number of nitrogens with zero attached hydrogens (tertiary/aromatic N) is 1. The van der Waals surface area contributed by atoms with Crippen LogP contribution in [-0.4, -0.2) is 24.0 Å². The van der Waals surface area contributed by atoms with Crippen LogP contribution in [0.1, 0.15) is 37.8 Å². The molecule has 16 heavy (non-hydrogen) atoms. The summed E-state index contributed by atoms with van der Waals surface area (Å²) in [7, 11) is 0. The molecular weight excluding hydrogens is 196 g/mol. The lowest BCUT2D eigenvalue weighted by Crippen LogP contribution is -2.42. The van der Waals surface area contributed by atoms with Gasteiger partial charge in [0, 0.05) is 12.1 Å². The Hall–Kier alpha value is -0.860. The van der Waals surface area contributed by atoms with Gasteiger partial charge in [-0.1, -0.05) is 36.8 Å². The lowest BCUT2D eigenvalue weighted by molar-refractivity contribution is 0.146. The van der Waals surface area contributed by atoms with Crippen LogP contribution in [0.25, 0.3) is 0 Å². The highest BCUT2D eigenvalue weighted by Crippen LogP contribution is 2.26. The van der Waals surface area contributed by atoms with E-state index in [0.29, 0.717) is 6.04 Å². The maximum absolute atomic E-state index is 6.16. The molecule has 0 bridgehead atoms. The maximum Gasteiger partial charge on any atom is 0.0496 e. The van der Waals surface area contributed by atoms with Gasteiger partial charge < -0.3 is 5.73 Å². The fourth-order valence-electron chi connectivity index (χ4n) is 2.69. The van der Waals surface area contributed by atoms with Crippen molar-refractivity contribution >= 4 is 0 Å². The molecule has 0 aliphatic carbocycles. The monoisotopic (exact) mass is 218 g/mol. The van der Waals surface area contributed by atoms with Crippen molar-refractivity contribution in [1.82, 2.24) is 4.90 Å². The molecule has 1 aliphatic rings. The minimum atomic E-state index is 0.195. The molecular formula is C14H22N2. The number of likely N-dealkylation sites (tertiary alicyclic amines) is 1. The van der Waals surface area contributed by atoms with Crippen LogP contribution in [0.2, 0.25) is 0 Å².